The third-order valence-corrected chi connectivity index (χ3v) is 0. The minimum Gasteiger partial charge on any atom is -0.352 e. The molecule has 4 N–H and O–H groups in total. The maximum Gasteiger partial charge on any atom is 0.309 e. The van der Waals surface area contributed by atoms with Gasteiger partial charge < -0.3 is 16.3 Å². The molecule has 0 bridgehead atoms. The van der Waals surface area contributed by atoms with Crippen LogP contribution in [-0.2, 0) is 25.9 Å². The molecule has 0 rings (SSSR count). The first-order chi connectivity index (χ1) is 2.73. The van der Waals surface area contributed by atoms with Gasteiger partial charge in [-0.1, -0.05) is 0 Å². The Bertz CT molecular complexity index is 45.0. The van der Waals surface area contributed by atoms with Crippen molar-refractivity contribution in [1.29, 1.82) is 0 Å². The Morgan fingerprint density at radius 3 is 1.29 bits per heavy atom. The molecule has 0 heterocycles. The number of urea groups is 1. The molecule has 42 valence electrons. The number of hydrogen-bond acceptors (Lipinski definition) is 2. The number of carbonyl (C=O) groups excluding carboxylic acids is 2. The van der Waals surface area contributed by atoms with Crippen LogP contribution in [0.15, 0.2) is 0 Å². The van der Waals surface area contributed by atoms with Gasteiger partial charge in [-0.05, 0) is 0 Å². The molecule has 0 aliphatic carbocycles. The topological polar surface area (TPSA) is 86.2 Å². The number of amides is 2. The fourth-order valence-corrected chi connectivity index (χ4v) is 0. The smallest absolute Gasteiger partial charge is 0.309 e. The van der Waals surface area contributed by atoms with Gasteiger partial charge in [0.1, 0.15) is 6.79 Å². The Kier molecular flexibility index (Phi) is 39.8. The summed E-state index contributed by atoms with van der Waals surface area (Å²) >= 11 is 0. The van der Waals surface area contributed by atoms with E-state index in [1.54, 1.807) is 0 Å². The largest absolute Gasteiger partial charge is 0.352 e. The van der Waals surface area contributed by atoms with Crippen LogP contribution < -0.4 is 11.5 Å². The Morgan fingerprint density at radius 2 is 1.29 bits per heavy atom. The molecule has 0 saturated carbocycles. The monoisotopic (exact) mass is 188 g/mol. The van der Waals surface area contributed by atoms with Crippen molar-refractivity contribution in [2.24, 2.45) is 11.5 Å². The molecule has 0 aliphatic rings. The maximum atomic E-state index is 9.00. The summed E-state index contributed by atoms with van der Waals surface area (Å²) in [7, 11) is 0. The summed E-state index contributed by atoms with van der Waals surface area (Å²) in [5, 5.41) is 0. The molecule has 0 aromatic carbocycles. The SMILES string of the molecule is C=O.NC(N)=O.[Mo]. The van der Waals surface area contributed by atoms with Gasteiger partial charge in [0.05, 0.1) is 0 Å². The second kappa shape index (κ2) is 17.5. The summed E-state index contributed by atoms with van der Waals surface area (Å²) in [6.07, 6.45) is 0. The molecule has 4 nitrogen and oxygen atoms in total. The van der Waals surface area contributed by atoms with E-state index >= 15 is 0 Å². The third kappa shape index (κ3) is 536. The van der Waals surface area contributed by atoms with Crippen LogP contribution in [0, 0.1) is 0 Å². The molecule has 5 heteroatoms. The van der Waals surface area contributed by atoms with E-state index in [4.69, 9.17) is 9.59 Å². The summed E-state index contributed by atoms with van der Waals surface area (Å²) in [6, 6.07) is -0.833. The standard InChI is InChI=1S/CH4N2O.CH2O.Mo/c2-1(3)4;1-2;/h(H4,2,3,4);1H2;. The van der Waals surface area contributed by atoms with Crippen LogP contribution in [0.4, 0.5) is 4.79 Å². The van der Waals surface area contributed by atoms with E-state index in [0.717, 1.165) is 0 Å². The van der Waals surface area contributed by atoms with Gasteiger partial charge in [0.2, 0.25) is 0 Å². The minimum atomic E-state index is -0.833. The summed E-state index contributed by atoms with van der Waals surface area (Å²) < 4.78 is 0. The molecule has 2 amide bonds. The van der Waals surface area contributed by atoms with Gasteiger partial charge in [0, 0.05) is 21.1 Å². The molecular formula is C2H6MoN2O2. The van der Waals surface area contributed by atoms with Crippen LogP contribution in [0.5, 0.6) is 0 Å². The van der Waals surface area contributed by atoms with Gasteiger partial charge in [0.25, 0.3) is 0 Å². The average Bonchev–Trinajstić information content (AvgIpc) is 1.41. The molecule has 7 heavy (non-hydrogen) atoms. The van der Waals surface area contributed by atoms with Gasteiger partial charge in [-0.2, -0.15) is 0 Å². The quantitative estimate of drug-likeness (QED) is 0.467. The zero-order valence-corrected chi connectivity index (χ0v) is 5.59. The van der Waals surface area contributed by atoms with Crippen LogP contribution >= 0.6 is 0 Å². The van der Waals surface area contributed by atoms with E-state index in [9.17, 15) is 0 Å². The predicted molar refractivity (Wildman–Crippen MR) is 20.9 cm³/mol. The van der Waals surface area contributed by atoms with Gasteiger partial charge in [-0.25, -0.2) is 4.79 Å². The number of carbonyl (C=O) groups is 2. The Morgan fingerprint density at radius 1 is 1.29 bits per heavy atom. The second-order valence-electron chi connectivity index (χ2n) is 0.402. The van der Waals surface area contributed by atoms with E-state index < -0.39 is 6.03 Å². The third-order valence-electron chi connectivity index (χ3n) is 0. The van der Waals surface area contributed by atoms with Crippen LogP contribution in [-0.4, -0.2) is 12.8 Å². The van der Waals surface area contributed by atoms with Crippen molar-refractivity contribution >= 4 is 12.8 Å². The number of primary amides is 2. The number of hydrogen-bond donors (Lipinski definition) is 2. The molecule has 0 aromatic heterocycles. The summed E-state index contributed by atoms with van der Waals surface area (Å²) in [5.41, 5.74) is 8.50. The first-order valence-electron chi connectivity index (χ1n) is 1.07. The van der Waals surface area contributed by atoms with Gasteiger partial charge in [-0.15, -0.1) is 0 Å². The van der Waals surface area contributed by atoms with Gasteiger partial charge >= 0.3 is 6.03 Å². The molecule has 0 radical (unpaired) electrons. The van der Waals surface area contributed by atoms with E-state index in [-0.39, 0.29) is 21.1 Å². The van der Waals surface area contributed by atoms with Crippen molar-refractivity contribution < 1.29 is 30.7 Å². The van der Waals surface area contributed by atoms with E-state index in [0.29, 0.717) is 0 Å². The van der Waals surface area contributed by atoms with E-state index in [1.807, 2.05) is 6.79 Å². The average molecular weight is 186 g/mol. The van der Waals surface area contributed by atoms with E-state index in [2.05, 4.69) is 11.5 Å². The fraction of sp³-hybridized carbons (Fsp3) is 0. The summed E-state index contributed by atoms with van der Waals surface area (Å²) in [5.74, 6) is 0. The molecule has 0 unspecified atom stereocenters. The molecule has 0 atom stereocenters. The summed E-state index contributed by atoms with van der Waals surface area (Å²) in [6.45, 7) is 2.00. The fourth-order valence-electron chi connectivity index (χ4n) is 0. The number of nitrogens with two attached hydrogens (primary N) is 2. The van der Waals surface area contributed by atoms with Crippen molar-refractivity contribution in [3.05, 3.63) is 0 Å². The minimum absolute atomic E-state index is 0. The van der Waals surface area contributed by atoms with Crippen molar-refractivity contribution in [2.45, 2.75) is 0 Å². The molecule has 0 saturated heterocycles. The van der Waals surface area contributed by atoms with Gasteiger partial charge in [-0.3, -0.25) is 0 Å². The molecular weight excluding hydrogens is 180 g/mol. The van der Waals surface area contributed by atoms with Gasteiger partial charge in [0.15, 0.2) is 0 Å². The Hall–Kier alpha value is -0.372. The van der Waals surface area contributed by atoms with Crippen molar-refractivity contribution in [3.8, 4) is 0 Å². The first-order valence-corrected chi connectivity index (χ1v) is 1.07. The zero-order chi connectivity index (χ0) is 5.58. The second-order valence-corrected chi connectivity index (χ2v) is 0.402. The molecule has 0 spiro atoms. The maximum absolute atomic E-state index is 9.00. The van der Waals surface area contributed by atoms with Crippen LogP contribution in [0.1, 0.15) is 0 Å². The Balaban J connectivity index is -0.0000000480. The van der Waals surface area contributed by atoms with Crippen molar-refractivity contribution in [1.82, 2.24) is 0 Å². The predicted octanol–water partition coefficient (Wildman–Crippen LogP) is -1.16. The van der Waals surface area contributed by atoms with Crippen LogP contribution in [0.3, 0.4) is 0 Å². The van der Waals surface area contributed by atoms with Crippen molar-refractivity contribution in [3.63, 3.8) is 0 Å². The van der Waals surface area contributed by atoms with Crippen molar-refractivity contribution in [2.75, 3.05) is 0 Å². The van der Waals surface area contributed by atoms with Crippen LogP contribution in [0.25, 0.3) is 0 Å². The van der Waals surface area contributed by atoms with Crippen LogP contribution in [0.2, 0.25) is 0 Å². The molecule has 0 aromatic rings. The first kappa shape index (κ1) is 15.9. The van der Waals surface area contributed by atoms with E-state index in [1.165, 1.54) is 0 Å². The number of rotatable bonds is 0. The summed E-state index contributed by atoms with van der Waals surface area (Å²) in [4.78, 5) is 17.0. The molecule has 0 aliphatic heterocycles. The Labute approximate surface area is 55.5 Å². The zero-order valence-electron chi connectivity index (χ0n) is 3.59. The normalized spacial score (nSPS) is 4.00. The molecule has 0 fully saturated rings.